The highest BCUT2D eigenvalue weighted by Gasteiger charge is 2.20. The highest BCUT2D eigenvalue weighted by Crippen LogP contribution is 2.20. The van der Waals surface area contributed by atoms with E-state index in [-0.39, 0.29) is 9.92 Å². The van der Waals surface area contributed by atoms with Gasteiger partial charge in [-0.15, -0.1) is 0 Å². The van der Waals surface area contributed by atoms with Crippen molar-refractivity contribution in [2.75, 3.05) is 0 Å². The normalized spacial score (nSPS) is 13.1. The Kier molecular flexibility index (Phi) is 4.51. The van der Waals surface area contributed by atoms with Gasteiger partial charge in [0.15, 0.2) is 0 Å². The number of halogens is 1. The zero-order chi connectivity index (χ0) is 15.6. The van der Waals surface area contributed by atoms with Crippen molar-refractivity contribution in [3.63, 3.8) is 0 Å². The van der Waals surface area contributed by atoms with Crippen LogP contribution in [0.4, 0.5) is 0 Å². The molecule has 0 aliphatic heterocycles. The van der Waals surface area contributed by atoms with Crippen LogP contribution in [0.2, 0.25) is 5.02 Å². The number of aryl methyl sites for hydroxylation is 1. The molecule has 112 valence electrons. The first-order valence-corrected chi connectivity index (χ1v) is 8.13. The van der Waals surface area contributed by atoms with E-state index in [1.807, 2.05) is 31.2 Å². The molecule has 0 saturated carbocycles. The summed E-state index contributed by atoms with van der Waals surface area (Å²) in [6.07, 6.45) is 1.13. The lowest BCUT2D eigenvalue weighted by Gasteiger charge is -2.16. The summed E-state index contributed by atoms with van der Waals surface area (Å²) in [7, 11) is -3.77. The van der Waals surface area contributed by atoms with Crippen molar-refractivity contribution in [3.8, 4) is 0 Å². The molecule has 0 saturated heterocycles. The van der Waals surface area contributed by atoms with Gasteiger partial charge in [-0.1, -0.05) is 35.9 Å². The van der Waals surface area contributed by atoms with E-state index < -0.39 is 21.6 Å². The molecule has 1 atom stereocenters. The van der Waals surface area contributed by atoms with Crippen molar-refractivity contribution in [3.05, 3.63) is 63.0 Å². The van der Waals surface area contributed by atoms with Gasteiger partial charge in [0.25, 0.3) is 5.56 Å². The van der Waals surface area contributed by atoms with Gasteiger partial charge in [-0.3, -0.25) is 4.79 Å². The number of H-pyrrole nitrogens is 1. The highest BCUT2D eigenvalue weighted by molar-refractivity contribution is 7.89. The maximum atomic E-state index is 12.3. The van der Waals surface area contributed by atoms with Crippen LogP contribution in [-0.4, -0.2) is 13.4 Å². The van der Waals surface area contributed by atoms with Crippen LogP contribution in [0.5, 0.6) is 0 Å². The van der Waals surface area contributed by atoms with Crippen molar-refractivity contribution in [1.29, 1.82) is 0 Å². The lowest BCUT2D eigenvalue weighted by molar-refractivity contribution is 0.566. The molecule has 0 spiro atoms. The van der Waals surface area contributed by atoms with Gasteiger partial charge in [-0.25, -0.2) is 13.1 Å². The van der Waals surface area contributed by atoms with Crippen molar-refractivity contribution < 1.29 is 8.42 Å². The minimum Gasteiger partial charge on any atom is -0.326 e. The lowest BCUT2D eigenvalue weighted by Crippen LogP contribution is -2.28. The van der Waals surface area contributed by atoms with E-state index in [2.05, 4.69) is 9.71 Å². The molecule has 0 bridgehead atoms. The van der Waals surface area contributed by atoms with Gasteiger partial charge in [0.05, 0.1) is 4.90 Å². The maximum absolute atomic E-state index is 12.3. The molecule has 7 heteroatoms. The Morgan fingerprint density at radius 3 is 2.57 bits per heavy atom. The zero-order valence-corrected chi connectivity index (χ0v) is 13.1. The van der Waals surface area contributed by atoms with Gasteiger partial charge >= 0.3 is 0 Å². The Bertz CT molecular complexity index is 815. The molecule has 2 rings (SSSR count). The number of pyridine rings is 1. The summed E-state index contributed by atoms with van der Waals surface area (Å²) in [6.45, 7) is 3.67. The van der Waals surface area contributed by atoms with Crippen molar-refractivity contribution in [2.24, 2.45) is 0 Å². The zero-order valence-electron chi connectivity index (χ0n) is 11.6. The minimum absolute atomic E-state index is 0.0764. The van der Waals surface area contributed by atoms with Gasteiger partial charge in [0.1, 0.15) is 5.02 Å². The van der Waals surface area contributed by atoms with Crippen LogP contribution in [-0.2, 0) is 10.0 Å². The van der Waals surface area contributed by atoms with Crippen LogP contribution in [0, 0.1) is 6.92 Å². The van der Waals surface area contributed by atoms with E-state index in [1.54, 1.807) is 6.92 Å². The van der Waals surface area contributed by atoms with Gasteiger partial charge in [0, 0.05) is 12.2 Å². The second-order valence-corrected chi connectivity index (χ2v) is 6.83. The molecule has 1 heterocycles. The Balaban J connectivity index is 2.31. The van der Waals surface area contributed by atoms with Crippen molar-refractivity contribution in [1.82, 2.24) is 9.71 Å². The number of aromatic amines is 1. The SMILES string of the molecule is Cc1ccccc1C(C)NS(=O)(=O)c1c[nH]c(=O)c(Cl)c1. The Labute approximate surface area is 128 Å². The van der Waals surface area contributed by atoms with Gasteiger partial charge in [-0.05, 0) is 31.0 Å². The molecule has 0 fully saturated rings. The first-order chi connectivity index (χ1) is 9.81. The van der Waals surface area contributed by atoms with Crippen LogP contribution in [0.15, 0.2) is 46.2 Å². The first-order valence-electron chi connectivity index (χ1n) is 6.27. The molecule has 0 aliphatic carbocycles. The predicted molar refractivity (Wildman–Crippen MR) is 82.0 cm³/mol. The molecular formula is C14H15ClN2O3S. The molecule has 1 aromatic carbocycles. The molecule has 1 unspecified atom stereocenters. The van der Waals surface area contributed by atoms with Gasteiger partial charge in [0.2, 0.25) is 10.0 Å². The molecule has 0 amide bonds. The molecule has 0 aliphatic rings. The van der Waals surface area contributed by atoms with Gasteiger partial charge in [-0.2, -0.15) is 0 Å². The molecule has 0 radical (unpaired) electrons. The van der Waals surface area contributed by atoms with E-state index in [0.717, 1.165) is 23.4 Å². The van der Waals surface area contributed by atoms with E-state index in [0.29, 0.717) is 0 Å². The van der Waals surface area contributed by atoms with Crippen LogP contribution < -0.4 is 10.3 Å². The second-order valence-electron chi connectivity index (χ2n) is 4.71. The van der Waals surface area contributed by atoms with Crippen molar-refractivity contribution >= 4 is 21.6 Å². The fourth-order valence-electron chi connectivity index (χ4n) is 2.03. The summed E-state index contributed by atoms with van der Waals surface area (Å²) >= 11 is 5.66. The topological polar surface area (TPSA) is 79.0 Å². The molecule has 5 nitrogen and oxygen atoms in total. The average molecular weight is 327 g/mol. The predicted octanol–water partition coefficient (Wildman–Crippen LogP) is 2.38. The second kappa shape index (κ2) is 6.01. The molecule has 1 aromatic heterocycles. The average Bonchev–Trinajstić information content (AvgIpc) is 2.41. The number of hydrogen-bond acceptors (Lipinski definition) is 3. The molecule has 2 aromatic rings. The number of aromatic nitrogens is 1. The van der Waals surface area contributed by atoms with Crippen LogP contribution >= 0.6 is 11.6 Å². The summed E-state index contributed by atoms with van der Waals surface area (Å²) in [6, 6.07) is 8.25. The molecule has 2 N–H and O–H groups in total. The number of hydrogen-bond donors (Lipinski definition) is 2. The van der Waals surface area contributed by atoms with Crippen LogP contribution in [0.3, 0.4) is 0 Å². The number of rotatable bonds is 4. The number of benzene rings is 1. The summed E-state index contributed by atoms with van der Waals surface area (Å²) < 4.78 is 27.2. The Hall–Kier alpha value is -1.63. The molecular weight excluding hydrogens is 312 g/mol. The third kappa shape index (κ3) is 3.53. The monoisotopic (exact) mass is 326 g/mol. The third-order valence-electron chi connectivity index (χ3n) is 3.13. The largest absolute Gasteiger partial charge is 0.326 e. The quantitative estimate of drug-likeness (QED) is 0.905. The lowest BCUT2D eigenvalue weighted by atomic mass is 10.0. The van der Waals surface area contributed by atoms with Gasteiger partial charge < -0.3 is 4.98 Å². The van der Waals surface area contributed by atoms with E-state index in [9.17, 15) is 13.2 Å². The van der Waals surface area contributed by atoms with E-state index in [4.69, 9.17) is 11.6 Å². The first kappa shape index (κ1) is 15.8. The summed E-state index contributed by atoms with van der Waals surface area (Å²) in [5, 5.41) is -0.165. The third-order valence-corrected chi connectivity index (χ3v) is 4.93. The van der Waals surface area contributed by atoms with E-state index in [1.165, 1.54) is 0 Å². The number of nitrogens with one attached hydrogen (secondary N) is 2. The van der Waals surface area contributed by atoms with Crippen molar-refractivity contribution in [2.45, 2.75) is 24.8 Å². The summed E-state index contributed by atoms with van der Waals surface area (Å²) in [4.78, 5) is 13.4. The Morgan fingerprint density at radius 1 is 1.29 bits per heavy atom. The summed E-state index contributed by atoms with van der Waals surface area (Å²) in [5.74, 6) is 0. The fourth-order valence-corrected chi connectivity index (χ4v) is 3.48. The van der Waals surface area contributed by atoms with Crippen LogP contribution in [0.25, 0.3) is 0 Å². The minimum atomic E-state index is -3.77. The van der Waals surface area contributed by atoms with E-state index >= 15 is 0 Å². The fraction of sp³-hybridized carbons (Fsp3) is 0.214. The highest BCUT2D eigenvalue weighted by atomic mass is 35.5. The Morgan fingerprint density at radius 2 is 1.95 bits per heavy atom. The smallest absolute Gasteiger partial charge is 0.266 e. The standard InChI is InChI=1S/C14H15ClN2O3S/c1-9-5-3-4-6-12(9)10(2)17-21(19,20)11-7-13(15)14(18)16-8-11/h3-8,10,17H,1-2H3,(H,16,18). The summed E-state index contributed by atoms with van der Waals surface area (Å²) in [5.41, 5.74) is 1.35. The maximum Gasteiger partial charge on any atom is 0.266 e. The van der Waals surface area contributed by atoms with Crippen LogP contribution in [0.1, 0.15) is 24.1 Å². The molecule has 21 heavy (non-hydrogen) atoms. The number of sulfonamides is 1.